The number of rotatable bonds is 7. The van der Waals surface area contributed by atoms with Gasteiger partial charge in [-0.25, -0.2) is 18.1 Å². The number of hydrogen-bond acceptors (Lipinski definition) is 5. The summed E-state index contributed by atoms with van der Waals surface area (Å²) in [4.78, 5) is 4.32. The van der Waals surface area contributed by atoms with Gasteiger partial charge in [0.2, 0.25) is 0 Å². The highest BCUT2D eigenvalue weighted by Crippen LogP contribution is 2.18. The van der Waals surface area contributed by atoms with Crippen molar-refractivity contribution in [2.75, 3.05) is 5.75 Å². The third-order valence-corrected chi connectivity index (χ3v) is 6.09. The van der Waals surface area contributed by atoms with Gasteiger partial charge in [0.15, 0.2) is 9.84 Å². The monoisotopic (exact) mass is 370 g/mol. The summed E-state index contributed by atoms with van der Waals surface area (Å²) < 4.78 is 26.7. The van der Waals surface area contributed by atoms with Gasteiger partial charge in [-0.3, -0.25) is 0 Å². The average molecular weight is 370 g/mol. The van der Waals surface area contributed by atoms with E-state index < -0.39 is 9.84 Å². The molecule has 1 heterocycles. The summed E-state index contributed by atoms with van der Waals surface area (Å²) in [7, 11) is -3.32. The van der Waals surface area contributed by atoms with E-state index in [1.165, 1.54) is 6.33 Å². The zero-order chi connectivity index (χ0) is 18.6. The van der Waals surface area contributed by atoms with Crippen molar-refractivity contribution in [1.82, 2.24) is 20.1 Å². The van der Waals surface area contributed by atoms with Gasteiger partial charge in [-0.15, -0.1) is 0 Å². The third kappa shape index (κ3) is 4.36. The molecule has 0 unspecified atom stereocenters. The molecule has 1 N–H and O–H groups in total. The Labute approximate surface area is 153 Å². The summed E-state index contributed by atoms with van der Waals surface area (Å²) in [5.41, 5.74) is 1.97. The van der Waals surface area contributed by atoms with Gasteiger partial charge in [0.1, 0.15) is 12.7 Å². The lowest BCUT2D eigenvalue weighted by Crippen LogP contribution is -2.35. The molecule has 0 radical (unpaired) electrons. The Hall–Kier alpha value is -2.51. The van der Waals surface area contributed by atoms with Crippen LogP contribution in [0.2, 0.25) is 0 Å². The van der Waals surface area contributed by atoms with Crippen molar-refractivity contribution in [3.05, 3.63) is 72.8 Å². The highest BCUT2D eigenvalue weighted by molar-refractivity contribution is 7.91. The second-order valence-electron chi connectivity index (χ2n) is 6.32. The molecule has 7 heteroatoms. The van der Waals surface area contributed by atoms with Crippen LogP contribution in [0.15, 0.2) is 72.1 Å². The van der Waals surface area contributed by atoms with Gasteiger partial charge in [0.25, 0.3) is 0 Å². The molecule has 0 fully saturated rings. The fourth-order valence-electron chi connectivity index (χ4n) is 2.90. The van der Waals surface area contributed by atoms with Crippen molar-refractivity contribution in [2.45, 2.75) is 30.8 Å². The smallest absolute Gasteiger partial charge is 0.179 e. The Morgan fingerprint density at radius 2 is 1.85 bits per heavy atom. The van der Waals surface area contributed by atoms with Gasteiger partial charge in [0.05, 0.1) is 16.3 Å². The highest BCUT2D eigenvalue weighted by Gasteiger charge is 2.20. The fourth-order valence-corrected chi connectivity index (χ4v) is 4.42. The summed E-state index contributed by atoms with van der Waals surface area (Å²) >= 11 is 0. The first-order valence-electron chi connectivity index (χ1n) is 8.44. The van der Waals surface area contributed by atoms with E-state index in [2.05, 4.69) is 15.4 Å². The summed E-state index contributed by atoms with van der Waals surface area (Å²) in [5.74, 6) is 0.0458. The molecular formula is C19H22N4O2S. The predicted octanol–water partition coefficient (Wildman–Crippen LogP) is 2.78. The standard InChI is InChI=1S/C19H22N4O2S/c1-15(12-26(24,25)19-9-4-3-5-10-19)22-16(2)17-7-6-8-18(11-17)23-14-20-13-21-23/h3-11,13-16,22H,12H2,1-2H3/t15-,16+/m0/s1. The molecule has 0 aliphatic rings. The van der Waals surface area contributed by atoms with Crippen molar-refractivity contribution in [1.29, 1.82) is 0 Å². The predicted molar refractivity (Wildman–Crippen MR) is 101 cm³/mol. The lowest BCUT2D eigenvalue weighted by atomic mass is 10.1. The molecule has 6 nitrogen and oxygen atoms in total. The molecule has 3 aromatic rings. The van der Waals surface area contributed by atoms with Crippen LogP contribution in [0.5, 0.6) is 0 Å². The highest BCUT2D eigenvalue weighted by atomic mass is 32.2. The normalized spacial score (nSPS) is 14.1. The van der Waals surface area contributed by atoms with Crippen LogP contribution in [0.1, 0.15) is 25.5 Å². The molecule has 2 aromatic carbocycles. The summed E-state index contributed by atoms with van der Waals surface area (Å²) in [6.45, 7) is 3.91. The molecule has 0 aliphatic carbocycles. The lowest BCUT2D eigenvalue weighted by Gasteiger charge is -2.21. The Balaban J connectivity index is 1.68. The van der Waals surface area contributed by atoms with Gasteiger partial charge in [-0.2, -0.15) is 5.10 Å². The molecule has 0 spiro atoms. The third-order valence-electron chi connectivity index (χ3n) is 4.16. The molecule has 2 atom stereocenters. The Morgan fingerprint density at radius 3 is 2.54 bits per heavy atom. The quantitative estimate of drug-likeness (QED) is 0.692. The van der Waals surface area contributed by atoms with Gasteiger partial charge in [-0.05, 0) is 43.7 Å². The van der Waals surface area contributed by atoms with E-state index in [1.807, 2.05) is 44.2 Å². The minimum Gasteiger partial charge on any atom is -0.307 e. The van der Waals surface area contributed by atoms with Crippen molar-refractivity contribution in [3.63, 3.8) is 0 Å². The molecule has 136 valence electrons. The van der Waals surface area contributed by atoms with E-state index in [0.29, 0.717) is 4.90 Å². The van der Waals surface area contributed by atoms with Crippen LogP contribution >= 0.6 is 0 Å². The minimum absolute atomic E-state index is 0.000514. The first kappa shape index (κ1) is 18.3. The number of hydrogen-bond donors (Lipinski definition) is 1. The largest absolute Gasteiger partial charge is 0.307 e. The number of benzene rings is 2. The Bertz CT molecular complexity index is 941. The van der Waals surface area contributed by atoms with Gasteiger partial charge < -0.3 is 5.32 Å². The Morgan fingerprint density at radius 1 is 1.08 bits per heavy atom. The second-order valence-corrected chi connectivity index (χ2v) is 8.35. The molecule has 0 aliphatic heterocycles. The zero-order valence-electron chi connectivity index (χ0n) is 14.8. The van der Waals surface area contributed by atoms with E-state index in [0.717, 1.165) is 11.3 Å². The maximum atomic E-state index is 12.5. The molecule has 3 rings (SSSR count). The molecule has 0 bridgehead atoms. The molecule has 26 heavy (non-hydrogen) atoms. The molecule has 0 saturated carbocycles. The number of aromatic nitrogens is 3. The van der Waals surface area contributed by atoms with E-state index in [1.54, 1.807) is 35.3 Å². The molecule has 1 aromatic heterocycles. The number of nitrogens with one attached hydrogen (secondary N) is 1. The molecule has 0 amide bonds. The first-order chi connectivity index (χ1) is 12.5. The summed E-state index contributed by atoms with van der Waals surface area (Å²) in [6, 6.07) is 16.3. The van der Waals surface area contributed by atoms with Crippen molar-refractivity contribution < 1.29 is 8.42 Å². The van der Waals surface area contributed by atoms with Crippen LogP contribution in [0.3, 0.4) is 0 Å². The number of sulfone groups is 1. The Kier molecular flexibility index (Phi) is 5.49. The van der Waals surface area contributed by atoms with Gasteiger partial charge >= 0.3 is 0 Å². The summed E-state index contributed by atoms with van der Waals surface area (Å²) in [6.07, 6.45) is 3.14. The SMILES string of the molecule is C[C@@H](CS(=O)(=O)c1ccccc1)N[C@H](C)c1cccc(-n2cncn2)c1. The van der Waals surface area contributed by atoms with Crippen LogP contribution < -0.4 is 5.32 Å². The van der Waals surface area contributed by atoms with Crippen molar-refractivity contribution in [2.24, 2.45) is 0 Å². The first-order valence-corrected chi connectivity index (χ1v) is 10.1. The maximum Gasteiger partial charge on any atom is 0.179 e. The molecular weight excluding hydrogens is 348 g/mol. The van der Waals surface area contributed by atoms with E-state index >= 15 is 0 Å². The second kappa shape index (κ2) is 7.80. The van der Waals surface area contributed by atoms with Crippen LogP contribution in [0.4, 0.5) is 0 Å². The lowest BCUT2D eigenvalue weighted by molar-refractivity contribution is 0.499. The topological polar surface area (TPSA) is 76.9 Å². The van der Waals surface area contributed by atoms with Gasteiger partial charge in [0, 0.05) is 12.1 Å². The van der Waals surface area contributed by atoms with Crippen molar-refractivity contribution >= 4 is 9.84 Å². The number of nitrogens with zero attached hydrogens (tertiary/aromatic N) is 3. The zero-order valence-corrected chi connectivity index (χ0v) is 15.6. The fraction of sp³-hybridized carbons (Fsp3) is 0.263. The van der Waals surface area contributed by atoms with Crippen molar-refractivity contribution in [3.8, 4) is 5.69 Å². The van der Waals surface area contributed by atoms with Crippen LogP contribution in [-0.2, 0) is 9.84 Å². The average Bonchev–Trinajstić information content (AvgIpc) is 3.17. The summed E-state index contributed by atoms with van der Waals surface area (Å²) in [5, 5.41) is 7.51. The van der Waals surface area contributed by atoms with Gasteiger partial charge in [-0.1, -0.05) is 30.3 Å². The molecule has 0 saturated heterocycles. The van der Waals surface area contributed by atoms with Crippen LogP contribution in [0, 0.1) is 0 Å². The maximum absolute atomic E-state index is 12.5. The van der Waals surface area contributed by atoms with E-state index in [4.69, 9.17) is 0 Å². The van der Waals surface area contributed by atoms with Crippen LogP contribution in [-0.4, -0.2) is 35.0 Å². The van der Waals surface area contributed by atoms with E-state index in [-0.39, 0.29) is 17.8 Å². The van der Waals surface area contributed by atoms with E-state index in [9.17, 15) is 8.42 Å². The van der Waals surface area contributed by atoms with Crippen LogP contribution in [0.25, 0.3) is 5.69 Å². The minimum atomic E-state index is -3.32.